The summed E-state index contributed by atoms with van der Waals surface area (Å²) in [6.07, 6.45) is 0.149. The zero-order chi connectivity index (χ0) is 17.7. The molecule has 0 bridgehead atoms. The van der Waals surface area contributed by atoms with Crippen LogP contribution >= 0.6 is 0 Å². The second kappa shape index (κ2) is 5.23. The highest BCUT2D eigenvalue weighted by molar-refractivity contribution is 7.93. The summed E-state index contributed by atoms with van der Waals surface area (Å²) in [5.74, 6) is 0.519. The van der Waals surface area contributed by atoms with Gasteiger partial charge >= 0.3 is 15.5 Å². The van der Waals surface area contributed by atoms with E-state index in [9.17, 15) is 21.6 Å². The van der Waals surface area contributed by atoms with E-state index in [1.54, 1.807) is 0 Å². The van der Waals surface area contributed by atoms with Crippen LogP contribution < -0.4 is 15.8 Å². The minimum atomic E-state index is -5.42. The normalized spacial score (nSPS) is 14.7. The average Bonchev–Trinajstić information content (AvgIpc) is 2.88. The topological polar surface area (TPSA) is 115 Å². The summed E-state index contributed by atoms with van der Waals surface area (Å²) in [6, 6.07) is 5.63. The van der Waals surface area contributed by atoms with Crippen LogP contribution in [0.4, 0.5) is 30.5 Å². The molecular formula is C13H12F3N5O2S. The number of alkyl halides is 3. The molecule has 0 radical (unpaired) electrons. The lowest BCUT2D eigenvalue weighted by Crippen LogP contribution is -2.39. The Labute approximate surface area is 135 Å². The van der Waals surface area contributed by atoms with Crippen LogP contribution in [0.1, 0.15) is 5.56 Å². The van der Waals surface area contributed by atoms with Gasteiger partial charge in [0.05, 0.1) is 5.69 Å². The van der Waals surface area contributed by atoms with Gasteiger partial charge in [-0.3, -0.25) is 4.31 Å². The van der Waals surface area contributed by atoms with Crippen molar-refractivity contribution in [1.29, 1.82) is 0 Å². The molecule has 128 valence electrons. The summed E-state index contributed by atoms with van der Waals surface area (Å²) in [4.78, 5) is 8.02. The first-order valence-corrected chi connectivity index (χ1v) is 8.16. The van der Waals surface area contributed by atoms with Crippen molar-refractivity contribution < 1.29 is 21.6 Å². The largest absolute Gasteiger partial charge is 0.516 e. The van der Waals surface area contributed by atoms with Crippen molar-refractivity contribution in [2.45, 2.75) is 11.9 Å². The summed E-state index contributed by atoms with van der Waals surface area (Å²) in [6.45, 7) is -0.277. The maximum Gasteiger partial charge on any atom is 0.516 e. The summed E-state index contributed by atoms with van der Waals surface area (Å²) in [7, 11) is -5.42. The Morgan fingerprint density at radius 3 is 2.29 bits per heavy atom. The van der Waals surface area contributed by atoms with E-state index in [0.29, 0.717) is 15.4 Å². The molecule has 1 aliphatic rings. The fourth-order valence-electron chi connectivity index (χ4n) is 2.50. The zero-order valence-electron chi connectivity index (χ0n) is 12.1. The molecule has 1 aromatic heterocycles. The number of nitrogens with two attached hydrogens (primary N) is 2. The predicted molar refractivity (Wildman–Crippen MR) is 82.3 cm³/mol. The number of benzene rings is 1. The molecule has 0 saturated carbocycles. The summed E-state index contributed by atoms with van der Waals surface area (Å²) in [5.41, 5.74) is 6.77. The minimum Gasteiger partial charge on any atom is -0.384 e. The molecule has 1 aromatic carbocycles. The van der Waals surface area contributed by atoms with E-state index in [0.717, 1.165) is 0 Å². The number of sulfonamides is 1. The van der Waals surface area contributed by atoms with Gasteiger partial charge < -0.3 is 11.5 Å². The Bertz CT molecular complexity index is 894. The molecule has 2 aromatic rings. The first kappa shape index (κ1) is 16.3. The zero-order valence-corrected chi connectivity index (χ0v) is 12.9. The van der Waals surface area contributed by atoms with Crippen LogP contribution in [0.25, 0.3) is 11.4 Å². The van der Waals surface area contributed by atoms with Gasteiger partial charge in [0.2, 0.25) is 0 Å². The van der Waals surface area contributed by atoms with Crippen LogP contribution in [-0.2, 0) is 16.4 Å². The van der Waals surface area contributed by atoms with Gasteiger partial charge in [0.15, 0.2) is 5.82 Å². The number of rotatable bonds is 2. The summed E-state index contributed by atoms with van der Waals surface area (Å²) >= 11 is 0. The van der Waals surface area contributed by atoms with Crippen molar-refractivity contribution in [3.8, 4) is 11.4 Å². The Morgan fingerprint density at radius 1 is 1.08 bits per heavy atom. The van der Waals surface area contributed by atoms with E-state index in [1.807, 2.05) is 0 Å². The van der Waals surface area contributed by atoms with Crippen LogP contribution in [0.15, 0.2) is 24.3 Å². The summed E-state index contributed by atoms with van der Waals surface area (Å²) in [5, 5.41) is 0. The maximum absolute atomic E-state index is 12.7. The Kier molecular flexibility index (Phi) is 3.55. The molecule has 4 N–H and O–H groups in total. The third-order valence-electron chi connectivity index (χ3n) is 3.54. The molecule has 0 aliphatic carbocycles. The van der Waals surface area contributed by atoms with Crippen molar-refractivity contribution in [2.75, 3.05) is 22.3 Å². The van der Waals surface area contributed by atoms with Gasteiger partial charge in [-0.05, 0) is 30.2 Å². The van der Waals surface area contributed by atoms with Crippen molar-refractivity contribution in [3.05, 3.63) is 29.8 Å². The number of nitrogens with zero attached hydrogens (tertiary/aromatic N) is 3. The van der Waals surface area contributed by atoms with Crippen LogP contribution in [0.2, 0.25) is 0 Å². The van der Waals surface area contributed by atoms with Gasteiger partial charge in [-0.25, -0.2) is 9.97 Å². The van der Waals surface area contributed by atoms with Gasteiger partial charge in [-0.2, -0.15) is 21.6 Å². The second-order valence-corrected chi connectivity index (χ2v) is 7.01. The predicted octanol–water partition coefficient (Wildman–Crippen LogP) is 1.52. The van der Waals surface area contributed by atoms with Crippen molar-refractivity contribution in [3.63, 3.8) is 0 Å². The Balaban J connectivity index is 2.03. The smallest absolute Gasteiger partial charge is 0.384 e. The molecule has 24 heavy (non-hydrogen) atoms. The van der Waals surface area contributed by atoms with Crippen LogP contribution in [0.5, 0.6) is 0 Å². The Morgan fingerprint density at radius 2 is 1.71 bits per heavy atom. The molecule has 0 saturated heterocycles. The van der Waals surface area contributed by atoms with Crippen molar-refractivity contribution in [1.82, 2.24) is 9.97 Å². The number of halogens is 3. The van der Waals surface area contributed by atoms with E-state index in [4.69, 9.17) is 11.5 Å². The number of hydrogen-bond acceptors (Lipinski definition) is 6. The third-order valence-corrected chi connectivity index (χ3v) is 5.08. The molecule has 7 nitrogen and oxygen atoms in total. The van der Waals surface area contributed by atoms with Crippen LogP contribution in [0, 0.1) is 0 Å². The number of hydrogen-bond donors (Lipinski definition) is 2. The molecule has 0 atom stereocenters. The van der Waals surface area contributed by atoms with Crippen LogP contribution in [0.3, 0.4) is 0 Å². The average molecular weight is 359 g/mol. The molecule has 0 amide bonds. The fourth-order valence-corrected chi connectivity index (χ4v) is 3.52. The molecule has 0 fully saturated rings. The lowest BCUT2D eigenvalue weighted by molar-refractivity contribution is -0.0437. The van der Waals surface area contributed by atoms with Gasteiger partial charge in [-0.1, -0.05) is 0 Å². The van der Waals surface area contributed by atoms with Crippen molar-refractivity contribution >= 4 is 27.3 Å². The van der Waals surface area contributed by atoms with Crippen LogP contribution in [-0.4, -0.2) is 30.4 Å². The van der Waals surface area contributed by atoms with Crippen molar-refractivity contribution in [2.24, 2.45) is 0 Å². The molecule has 2 heterocycles. The number of aromatic nitrogens is 2. The number of anilines is 3. The number of fused-ring (bicyclic) bond motifs is 1. The Hall–Kier alpha value is -2.56. The summed E-state index contributed by atoms with van der Waals surface area (Å²) < 4.78 is 61.8. The third kappa shape index (κ3) is 2.60. The van der Waals surface area contributed by atoms with E-state index >= 15 is 0 Å². The molecule has 0 unspecified atom stereocenters. The van der Waals surface area contributed by atoms with Gasteiger partial charge in [0.25, 0.3) is 0 Å². The first-order chi connectivity index (χ1) is 11.1. The molecule has 1 aliphatic heterocycles. The standard InChI is InChI=1S/C13H12F3N5O2S/c14-13(15,16)24(22,23)21-4-3-7-5-8(1-2-9(7)21)12-19-10(17)6-11(18)20-12/h1-2,5-6H,3-4H2,(H4,17,18,19,20). The monoisotopic (exact) mass is 359 g/mol. The highest BCUT2D eigenvalue weighted by Gasteiger charge is 2.51. The first-order valence-electron chi connectivity index (χ1n) is 6.72. The molecule has 11 heteroatoms. The fraction of sp³-hybridized carbons (Fsp3) is 0.231. The van der Waals surface area contributed by atoms with E-state index in [1.165, 1.54) is 24.3 Å². The SMILES string of the molecule is Nc1cc(N)nc(-c2ccc3c(c2)CCN3S(=O)(=O)C(F)(F)F)n1. The highest BCUT2D eigenvalue weighted by Crippen LogP contribution is 2.38. The molecule has 0 spiro atoms. The van der Waals surface area contributed by atoms with Gasteiger partial charge in [0.1, 0.15) is 11.6 Å². The maximum atomic E-state index is 12.7. The lowest BCUT2D eigenvalue weighted by Gasteiger charge is -2.20. The molecular weight excluding hydrogens is 347 g/mol. The van der Waals surface area contributed by atoms with Gasteiger partial charge in [-0.15, -0.1) is 0 Å². The minimum absolute atomic E-state index is 0.00653. The highest BCUT2D eigenvalue weighted by atomic mass is 32.2. The van der Waals surface area contributed by atoms with E-state index < -0.39 is 15.5 Å². The molecule has 3 rings (SSSR count). The number of nitrogen functional groups attached to an aromatic ring is 2. The van der Waals surface area contributed by atoms with Gasteiger partial charge in [0, 0.05) is 18.2 Å². The lowest BCUT2D eigenvalue weighted by atomic mass is 10.1. The van der Waals surface area contributed by atoms with E-state index in [2.05, 4.69) is 9.97 Å². The van der Waals surface area contributed by atoms with E-state index in [-0.39, 0.29) is 36.1 Å². The quantitative estimate of drug-likeness (QED) is 0.840. The second-order valence-electron chi connectivity index (χ2n) is 5.16.